The minimum Gasteiger partial charge on any atom is -0.443 e. The topological polar surface area (TPSA) is 54.8 Å². The van der Waals surface area contributed by atoms with Crippen LogP contribution in [0.3, 0.4) is 0 Å². The van der Waals surface area contributed by atoms with Gasteiger partial charge in [-0.25, -0.2) is 9.78 Å². The number of aromatic nitrogens is 1. The number of thiocarbonyl (C=S) groups is 1. The Morgan fingerprint density at radius 2 is 2.22 bits per heavy atom. The summed E-state index contributed by atoms with van der Waals surface area (Å²) in [6, 6.07) is 3.42. The monoisotopic (exact) mass is 265 g/mol. The fourth-order valence-electron chi connectivity index (χ4n) is 1.21. The molecule has 1 aromatic heterocycles. The second kappa shape index (κ2) is 5.71. The quantitative estimate of drug-likeness (QED) is 0.608. The fraction of sp³-hybridized carbons (Fsp3) is 0.417. The standard InChI is InChI=1S/C12H15N3O2S/c1-12(2,3)17-11(16)15(4)9-6-5-7-13-10(9)14-8-18/h5-7H,1-4H3. The van der Waals surface area contributed by atoms with Crippen molar-refractivity contribution in [2.75, 3.05) is 11.9 Å². The molecule has 0 N–H and O–H groups in total. The van der Waals surface area contributed by atoms with Crippen LogP contribution in [-0.2, 0) is 4.74 Å². The summed E-state index contributed by atoms with van der Waals surface area (Å²) in [6.07, 6.45) is 1.09. The lowest BCUT2D eigenvalue weighted by Crippen LogP contribution is -2.34. The predicted molar refractivity (Wildman–Crippen MR) is 73.6 cm³/mol. The van der Waals surface area contributed by atoms with E-state index in [1.807, 2.05) is 0 Å². The van der Waals surface area contributed by atoms with Crippen LogP contribution in [0.4, 0.5) is 16.3 Å². The Balaban J connectivity index is 3.00. The highest BCUT2D eigenvalue weighted by molar-refractivity contribution is 7.78. The Labute approximate surface area is 111 Å². The fourth-order valence-corrected chi connectivity index (χ4v) is 1.29. The Hall–Kier alpha value is -1.78. The van der Waals surface area contributed by atoms with E-state index in [0.29, 0.717) is 11.5 Å². The Kier molecular flexibility index (Phi) is 4.53. The molecule has 0 spiro atoms. The molecule has 0 saturated heterocycles. The summed E-state index contributed by atoms with van der Waals surface area (Å²) in [7, 11) is 1.59. The Bertz CT molecular complexity index is 490. The maximum absolute atomic E-state index is 11.9. The number of pyridine rings is 1. The number of amides is 1. The predicted octanol–water partition coefficient (Wildman–Crippen LogP) is 3.19. The number of aliphatic imine (C=N–C) groups is 1. The average Bonchev–Trinajstić information content (AvgIpc) is 2.27. The lowest BCUT2D eigenvalue weighted by atomic mass is 10.2. The highest BCUT2D eigenvalue weighted by Crippen LogP contribution is 2.25. The molecule has 0 aromatic carbocycles. The van der Waals surface area contributed by atoms with E-state index in [9.17, 15) is 4.79 Å². The van der Waals surface area contributed by atoms with Gasteiger partial charge in [0.2, 0.25) is 0 Å². The first-order valence-corrected chi connectivity index (χ1v) is 5.75. The summed E-state index contributed by atoms with van der Waals surface area (Å²) in [6.45, 7) is 5.41. The SMILES string of the molecule is CN(C(=O)OC(C)(C)C)c1cccnc1N=C=S. The van der Waals surface area contributed by atoms with Gasteiger partial charge in [-0.2, -0.15) is 4.99 Å². The van der Waals surface area contributed by atoms with E-state index in [1.165, 1.54) is 4.90 Å². The van der Waals surface area contributed by atoms with E-state index < -0.39 is 11.7 Å². The van der Waals surface area contributed by atoms with E-state index in [2.05, 4.69) is 27.4 Å². The summed E-state index contributed by atoms with van der Waals surface area (Å²) in [5.74, 6) is 0.334. The molecule has 96 valence electrons. The molecule has 0 radical (unpaired) electrons. The normalized spacial score (nSPS) is 10.4. The molecule has 0 aliphatic heterocycles. The van der Waals surface area contributed by atoms with Gasteiger partial charge in [-0.3, -0.25) is 4.90 Å². The molecule has 0 fully saturated rings. The van der Waals surface area contributed by atoms with Crippen LogP contribution in [0.25, 0.3) is 0 Å². The molecular weight excluding hydrogens is 250 g/mol. The maximum atomic E-state index is 11.9. The number of rotatable bonds is 2. The van der Waals surface area contributed by atoms with Crippen molar-refractivity contribution < 1.29 is 9.53 Å². The van der Waals surface area contributed by atoms with Crippen molar-refractivity contribution in [3.05, 3.63) is 18.3 Å². The van der Waals surface area contributed by atoms with Gasteiger partial charge in [-0.1, -0.05) is 0 Å². The van der Waals surface area contributed by atoms with Crippen LogP contribution in [0.5, 0.6) is 0 Å². The molecule has 0 unspecified atom stereocenters. The molecule has 0 atom stereocenters. The number of ether oxygens (including phenoxy) is 1. The van der Waals surface area contributed by atoms with Gasteiger partial charge >= 0.3 is 6.09 Å². The van der Waals surface area contributed by atoms with Crippen molar-refractivity contribution in [1.29, 1.82) is 0 Å². The van der Waals surface area contributed by atoms with Gasteiger partial charge in [0.1, 0.15) is 5.60 Å². The van der Waals surface area contributed by atoms with Crippen LogP contribution in [-0.4, -0.2) is 28.9 Å². The van der Waals surface area contributed by atoms with Crippen LogP contribution < -0.4 is 4.90 Å². The summed E-state index contributed by atoms with van der Waals surface area (Å²) in [5, 5.41) is 2.23. The second-order valence-corrected chi connectivity index (χ2v) is 4.77. The highest BCUT2D eigenvalue weighted by Gasteiger charge is 2.22. The first-order valence-electron chi connectivity index (χ1n) is 5.35. The Morgan fingerprint density at radius 3 is 2.78 bits per heavy atom. The van der Waals surface area contributed by atoms with Crippen molar-refractivity contribution in [2.24, 2.45) is 4.99 Å². The molecule has 1 heterocycles. The van der Waals surface area contributed by atoms with Crippen LogP contribution in [0.15, 0.2) is 23.3 Å². The third-order valence-corrected chi connectivity index (χ3v) is 2.04. The van der Waals surface area contributed by atoms with Gasteiger partial charge in [0.25, 0.3) is 0 Å². The molecule has 1 amide bonds. The van der Waals surface area contributed by atoms with Gasteiger partial charge in [-0.05, 0) is 45.1 Å². The summed E-state index contributed by atoms with van der Waals surface area (Å²) in [4.78, 5) is 21.1. The molecular formula is C12H15N3O2S. The summed E-state index contributed by atoms with van der Waals surface area (Å²) in [5.41, 5.74) is -0.0368. The third kappa shape index (κ3) is 3.91. The molecule has 18 heavy (non-hydrogen) atoms. The number of carbonyl (C=O) groups is 1. The summed E-state index contributed by atoms with van der Waals surface area (Å²) >= 11 is 4.54. The van der Waals surface area contributed by atoms with E-state index in [4.69, 9.17) is 4.74 Å². The van der Waals surface area contributed by atoms with E-state index in [0.717, 1.165) is 0 Å². The van der Waals surface area contributed by atoms with E-state index >= 15 is 0 Å². The number of nitrogens with zero attached hydrogens (tertiary/aromatic N) is 3. The molecule has 0 saturated carbocycles. The van der Waals surface area contributed by atoms with E-state index in [1.54, 1.807) is 46.1 Å². The van der Waals surface area contributed by atoms with Crippen molar-refractivity contribution in [1.82, 2.24) is 4.98 Å². The van der Waals surface area contributed by atoms with Crippen molar-refractivity contribution in [3.63, 3.8) is 0 Å². The first-order chi connectivity index (χ1) is 8.35. The van der Waals surface area contributed by atoms with Gasteiger partial charge in [0, 0.05) is 13.2 Å². The molecule has 1 aromatic rings. The number of isothiocyanates is 1. The number of anilines is 1. The number of hydrogen-bond acceptors (Lipinski definition) is 5. The smallest absolute Gasteiger partial charge is 0.414 e. The molecule has 0 aliphatic rings. The third-order valence-electron chi connectivity index (χ3n) is 1.95. The van der Waals surface area contributed by atoms with Crippen LogP contribution >= 0.6 is 12.2 Å². The van der Waals surface area contributed by atoms with Gasteiger partial charge < -0.3 is 4.74 Å². The lowest BCUT2D eigenvalue weighted by molar-refractivity contribution is 0.0589. The van der Waals surface area contributed by atoms with Crippen molar-refractivity contribution >= 4 is 35.0 Å². The molecule has 6 heteroatoms. The average molecular weight is 265 g/mol. The van der Waals surface area contributed by atoms with Gasteiger partial charge in [0.05, 0.1) is 10.8 Å². The van der Waals surface area contributed by atoms with Crippen LogP contribution in [0.2, 0.25) is 0 Å². The van der Waals surface area contributed by atoms with Gasteiger partial charge in [-0.15, -0.1) is 0 Å². The zero-order chi connectivity index (χ0) is 13.8. The number of carbonyl (C=O) groups excluding carboxylic acids is 1. The van der Waals surface area contributed by atoms with Crippen molar-refractivity contribution in [3.8, 4) is 0 Å². The lowest BCUT2D eigenvalue weighted by Gasteiger charge is -2.24. The highest BCUT2D eigenvalue weighted by atomic mass is 32.1. The zero-order valence-electron chi connectivity index (χ0n) is 10.8. The zero-order valence-corrected chi connectivity index (χ0v) is 11.6. The van der Waals surface area contributed by atoms with E-state index in [-0.39, 0.29) is 0 Å². The molecule has 0 bridgehead atoms. The van der Waals surface area contributed by atoms with Crippen molar-refractivity contribution in [2.45, 2.75) is 26.4 Å². The first kappa shape index (κ1) is 14.3. The molecule has 0 aliphatic carbocycles. The Morgan fingerprint density at radius 1 is 1.56 bits per heavy atom. The van der Waals surface area contributed by atoms with Gasteiger partial charge in [0.15, 0.2) is 5.82 Å². The largest absolute Gasteiger partial charge is 0.443 e. The summed E-state index contributed by atoms with van der Waals surface area (Å²) < 4.78 is 5.26. The minimum atomic E-state index is -0.554. The number of hydrogen-bond donors (Lipinski definition) is 0. The molecule has 5 nitrogen and oxygen atoms in total. The maximum Gasteiger partial charge on any atom is 0.414 e. The second-order valence-electron chi connectivity index (χ2n) is 4.59. The minimum absolute atomic E-state index is 0.334. The van der Waals surface area contributed by atoms with Crippen LogP contribution in [0, 0.1) is 0 Å². The molecule has 1 rings (SSSR count). The van der Waals surface area contributed by atoms with Crippen LogP contribution in [0.1, 0.15) is 20.8 Å².